The molecular formula is C13H13ClN4O. The zero-order valence-electron chi connectivity index (χ0n) is 10.6. The van der Waals surface area contributed by atoms with Crippen LogP contribution in [0.5, 0.6) is 0 Å². The van der Waals surface area contributed by atoms with Gasteiger partial charge in [0.1, 0.15) is 11.4 Å². The van der Waals surface area contributed by atoms with Crippen molar-refractivity contribution in [2.24, 2.45) is 5.73 Å². The van der Waals surface area contributed by atoms with Crippen LogP contribution >= 0.6 is 11.6 Å². The molecule has 1 aromatic carbocycles. The zero-order chi connectivity index (χ0) is 14.2. The molecule has 0 fully saturated rings. The summed E-state index contributed by atoms with van der Waals surface area (Å²) < 4.78 is 1.69. The van der Waals surface area contributed by atoms with Gasteiger partial charge in [-0.2, -0.15) is 5.26 Å². The monoisotopic (exact) mass is 276 g/mol. The van der Waals surface area contributed by atoms with Crippen LogP contribution in [-0.2, 0) is 16.2 Å². The fraction of sp³-hybridized carbons (Fsp3) is 0.308. The van der Waals surface area contributed by atoms with Crippen molar-refractivity contribution in [1.82, 2.24) is 9.55 Å². The van der Waals surface area contributed by atoms with Gasteiger partial charge in [0, 0.05) is 0 Å². The molecule has 0 aliphatic carbocycles. The number of amides is 1. The van der Waals surface area contributed by atoms with Crippen LogP contribution in [-0.4, -0.2) is 15.5 Å². The molecule has 0 atom stereocenters. The summed E-state index contributed by atoms with van der Waals surface area (Å²) in [6, 6.07) is 7.16. The summed E-state index contributed by atoms with van der Waals surface area (Å²) >= 11 is 5.89. The van der Waals surface area contributed by atoms with E-state index in [1.165, 1.54) is 0 Å². The maximum absolute atomic E-state index is 11.7. The highest BCUT2D eigenvalue weighted by Gasteiger charge is 2.31. The lowest BCUT2D eigenvalue weighted by Crippen LogP contribution is -2.41. The number of aromatic nitrogens is 2. The van der Waals surface area contributed by atoms with Gasteiger partial charge >= 0.3 is 0 Å². The molecule has 1 heterocycles. The van der Waals surface area contributed by atoms with E-state index < -0.39 is 11.4 Å². The normalized spacial score (nSPS) is 11.5. The van der Waals surface area contributed by atoms with Gasteiger partial charge < -0.3 is 10.3 Å². The molecular weight excluding hydrogens is 264 g/mol. The minimum absolute atomic E-state index is 0.160. The highest BCUT2D eigenvalue weighted by Crippen LogP contribution is 2.27. The molecule has 2 aromatic rings. The van der Waals surface area contributed by atoms with Gasteiger partial charge in [-0.3, -0.25) is 4.79 Å². The molecule has 0 spiro atoms. The molecule has 0 saturated heterocycles. The molecule has 0 radical (unpaired) electrons. The number of carbonyl (C=O) groups is 1. The highest BCUT2D eigenvalue weighted by molar-refractivity contribution is 6.17. The van der Waals surface area contributed by atoms with E-state index in [1.807, 2.05) is 0 Å². The van der Waals surface area contributed by atoms with Crippen LogP contribution in [0.3, 0.4) is 0 Å². The van der Waals surface area contributed by atoms with Crippen LogP contribution in [0.1, 0.15) is 25.2 Å². The van der Waals surface area contributed by atoms with Crippen molar-refractivity contribution < 1.29 is 4.79 Å². The predicted molar refractivity (Wildman–Crippen MR) is 72.5 cm³/mol. The number of nitriles is 1. The molecule has 1 aromatic heterocycles. The van der Waals surface area contributed by atoms with Gasteiger partial charge in [0.15, 0.2) is 0 Å². The van der Waals surface area contributed by atoms with E-state index in [0.29, 0.717) is 22.4 Å². The first-order chi connectivity index (χ1) is 8.91. The molecule has 2 N–H and O–H groups in total. The molecule has 19 heavy (non-hydrogen) atoms. The van der Waals surface area contributed by atoms with Crippen molar-refractivity contribution in [1.29, 1.82) is 5.26 Å². The quantitative estimate of drug-likeness (QED) is 0.869. The second kappa shape index (κ2) is 4.56. The Balaban J connectivity index is 2.83. The average Bonchev–Trinajstić information content (AvgIpc) is 2.76. The van der Waals surface area contributed by atoms with Crippen molar-refractivity contribution >= 4 is 28.5 Å². The number of halogens is 1. The maximum atomic E-state index is 11.7. The molecule has 6 heteroatoms. The number of hydrogen-bond acceptors (Lipinski definition) is 3. The third kappa shape index (κ3) is 2.04. The van der Waals surface area contributed by atoms with Gasteiger partial charge in [-0.25, -0.2) is 4.98 Å². The molecule has 2 rings (SSSR count). The summed E-state index contributed by atoms with van der Waals surface area (Å²) in [7, 11) is 0. The van der Waals surface area contributed by atoms with Crippen molar-refractivity contribution in [3.63, 3.8) is 0 Å². The Kier molecular flexibility index (Phi) is 3.21. The minimum Gasteiger partial charge on any atom is -0.368 e. The Bertz CT molecular complexity index is 696. The number of rotatable bonds is 3. The van der Waals surface area contributed by atoms with E-state index in [-0.39, 0.29) is 5.88 Å². The minimum atomic E-state index is -0.965. The SMILES string of the molecule is CC(C)(C(N)=O)n1c(CCl)nc2ccc(C#N)cc21. The first-order valence-corrected chi connectivity index (χ1v) is 6.23. The number of nitrogens with two attached hydrogens (primary N) is 1. The molecule has 0 aliphatic heterocycles. The van der Waals surface area contributed by atoms with Crippen molar-refractivity contribution in [3.8, 4) is 6.07 Å². The number of nitrogens with zero attached hydrogens (tertiary/aromatic N) is 3. The van der Waals surface area contributed by atoms with Gasteiger partial charge in [0.05, 0.1) is 28.5 Å². The van der Waals surface area contributed by atoms with E-state index in [1.54, 1.807) is 36.6 Å². The highest BCUT2D eigenvalue weighted by atomic mass is 35.5. The maximum Gasteiger partial charge on any atom is 0.243 e. The lowest BCUT2D eigenvalue weighted by atomic mass is 10.0. The molecule has 0 unspecified atom stereocenters. The molecule has 0 bridgehead atoms. The first-order valence-electron chi connectivity index (χ1n) is 5.69. The number of fused-ring (bicyclic) bond motifs is 1. The molecule has 98 valence electrons. The van der Waals surface area contributed by atoms with Crippen LogP contribution in [0.2, 0.25) is 0 Å². The van der Waals surface area contributed by atoms with E-state index >= 15 is 0 Å². The lowest BCUT2D eigenvalue weighted by Gasteiger charge is -2.25. The summed E-state index contributed by atoms with van der Waals surface area (Å²) in [5, 5.41) is 8.97. The first kappa shape index (κ1) is 13.4. The van der Waals surface area contributed by atoms with Gasteiger partial charge in [-0.05, 0) is 32.0 Å². The zero-order valence-corrected chi connectivity index (χ0v) is 11.4. The fourth-order valence-electron chi connectivity index (χ4n) is 2.02. The summed E-state index contributed by atoms with van der Waals surface area (Å²) in [6.45, 7) is 3.40. The number of alkyl halides is 1. The van der Waals surface area contributed by atoms with Gasteiger partial charge in [-0.1, -0.05) is 0 Å². The van der Waals surface area contributed by atoms with Crippen molar-refractivity contribution in [2.45, 2.75) is 25.3 Å². The topological polar surface area (TPSA) is 84.7 Å². The third-order valence-corrected chi connectivity index (χ3v) is 3.37. The van der Waals surface area contributed by atoms with Crippen LogP contribution < -0.4 is 5.73 Å². The number of imidazole rings is 1. The van der Waals surface area contributed by atoms with Crippen LogP contribution in [0.15, 0.2) is 18.2 Å². The second-order valence-electron chi connectivity index (χ2n) is 4.74. The third-order valence-electron chi connectivity index (χ3n) is 3.13. The number of hydrogen-bond donors (Lipinski definition) is 1. The summed E-state index contributed by atoms with van der Waals surface area (Å²) in [5.74, 6) is 0.226. The number of benzene rings is 1. The summed E-state index contributed by atoms with van der Waals surface area (Å²) in [5.41, 5.74) is 6.34. The lowest BCUT2D eigenvalue weighted by molar-refractivity contribution is -0.125. The van der Waals surface area contributed by atoms with Gasteiger partial charge in [-0.15, -0.1) is 11.6 Å². The molecule has 0 saturated carbocycles. The smallest absolute Gasteiger partial charge is 0.243 e. The molecule has 1 amide bonds. The largest absolute Gasteiger partial charge is 0.368 e. The van der Waals surface area contributed by atoms with E-state index in [9.17, 15) is 4.79 Å². The van der Waals surface area contributed by atoms with E-state index in [2.05, 4.69) is 11.1 Å². The van der Waals surface area contributed by atoms with Crippen LogP contribution in [0.25, 0.3) is 11.0 Å². The summed E-state index contributed by atoms with van der Waals surface area (Å²) in [6.07, 6.45) is 0. The second-order valence-corrected chi connectivity index (χ2v) is 5.00. The van der Waals surface area contributed by atoms with Gasteiger partial charge in [0.2, 0.25) is 5.91 Å². The Morgan fingerprint density at radius 3 is 2.79 bits per heavy atom. The predicted octanol–water partition coefficient (Wildman–Crippen LogP) is 1.87. The average molecular weight is 277 g/mol. The molecule has 5 nitrogen and oxygen atoms in total. The molecule has 0 aliphatic rings. The Morgan fingerprint density at radius 1 is 1.58 bits per heavy atom. The van der Waals surface area contributed by atoms with Crippen LogP contribution in [0.4, 0.5) is 0 Å². The number of carbonyl (C=O) groups excluding carboxylic acids is 1. The van der Waals surface area contributed by atoms with Crippen LogP contribution in [0, 0.1) is 11.3 Å². The Morgan fingerprint density at radius 2 is 2.26 bits per heavy atom. The Hall–Kier alpha value is -2.06. The van der Waals surface area contributed by atoms with E-state index in [4.69, 9.17) is 22.6 Å². The van der Waals surface area contributed by atoms with E-state index in [0.717, 1.165) is 0 Å². The Labute approximate surface area is 115 Å². The fourth-order valence-corrected chi connectivity index (χ4v) is 2.20. The van der Waals surface area contributed by atoms with Crippen molar-refractivity contribution in [3.05, 3.63) is 29.6 Å². The summed E-state index contributed by atoms with van der Waals surface area (Å²) in [4.78, 5) is 16.0. The van der Waals surface area contributed by atoms with Crippen molar-refractivity contribution in [2.75, 3.05) is 0 Å². The van der Waals surface area contributed by atoms with Gasteiger partial charge in [0.25, 0.3) is 0 Å². The standard InChI is InChI=1S/C13H13ClN4O/c1-13(2,12(16)19)18-10-5-8(7-15)3-4-9(10)17-11(18)6-14/h3-5H,6H2,1-2H3,(H2,16,19). The number of primary amides is 1.